The van der Waals surface area contributed by atoms with Crippen molar-refractivity contribution in [2.75, 3.05) is 42.1 Å². The van der Waals surface area contributed by atoms with Gasteiger partial charge in [0, 0.05) is 36.1 Å². The Labute approximate surface area is 260 Å². The normalized spacial score (nSPS) is 10.9. The molecule has 3 aromatic heterocycles. The van der Waals surface area contributed by atoms with Gasteiger partial charge in [0.25, 0.3) is 0 Å². The van der Waals surface area contributed by atoms with E-state index in [4.69, 9.17) is 37.8 Å². The number of rotatable bonds is 15. The molecule has 0 spiro atoms. The number of aromatic nitrogens is 3. The molecule has 44 heavy (non-hydrogen) atoms. The molecule has 0 aliphatic rings. The zero-order valence-corrected chi connectivity index (χ0v) is 24.7. The van der Waals surface area contributed by atoms with E-state index in [2.05, 4.69) is 30.9 Å². The van der Waals surface area contributed by atoms with Gasteiger partial charge in [-0.1, -0.05) is 23.2 Å². The molecule has 0 radical (unpaired) electrons. The van der Waals surface area contributed by atoms with Crippen LogP contribution in [0, 0.1) is 6.92 Å². The summed E-state index contributed by atoms with van der Waals surface area (Å²) in [7, 11) is 0. The number of aromatic carboxylic acids is 1. The fourth-order valence-electron chi connectivity index (χ4n) is 4.17. The standard InChI is InChI=1S/C28H27Cl2N7O7/c1-15-34-26(32-8-9-37(13-23(38)39)14-24(40)41)25(27(35-15)36-21-6-7-31-12-19(21)28(42)43)33-11-17-3-5-22(44-17)18-10-16(29)2-4-20(18)30/h2-7,10,12,33H,8-9,11,13-14H2,1H3,(H,38,39)(H,40,41)(H,42,43)(H2,31,32,34,35,36). The minimum atomic E-state index is -1.20. The SMILES string of the molecule is Cc1nc(NCCN(CC(=O)O)CC(=O)O)c(NCc2ccc(-c3cc(Cl)ccc3Cl)o2)c(Nc2ccncc2C(=O)O)n1. The van der Waals surface area contributed by atoms with E-state index in [0.29, 0.717) is 44.5 Å². The molecule has 16 heteroatoms. The third-order valence-electron chi connectivity index (χ3n) is 6.06. The summed E-state index contributed by atoms with van der Waals surface area (Å²) in [6.45, 7) is 1.04. The lowest BCUT2D eigenvalue weighted by Gasteiger charge is -2.21. The lowest BCUT2D eigenvalue weighted by Crippen LogP contribution is -2.37. The van der Waals surface area contributed by atoms with Crippen LogP contribution in [0.15, 0.2) is 53.2 Å². The molecule has 0 aliphatic carbocycles. The second-order valence-electron chi connectivity index (χ2n) is 9.36. The molecule has 230 valence electrons. The van der Waals surface area contributed by atoms with Gasteiger partial charge in [0.1, 0.15) is 28.6 Å². The van der Waals surface area contributed by atoms with E-state index in [1.54, 1.807) is 37.3 Å². The summed E-state index contributed by atoms with van der Waals surface area (Å²) in [5, 5.41) is 38.2. The fourth-order valence-corrected chi connectivity index (χ4v) is 4.55. The quantitative estimate of drug-likeness (QED) is 0.104. The number of furan rings is 1. The Morgan fingerprint density at radius 3 is 2.39 bits per heavy atom. The molecule has 0 saturated heterocycles. The first-order chi connectivity index (χ1) is 21.0. The van der Waals surface area contributed by atoms with Crippen LogP contribution in [0.3, 0.4) is 0 Å². The topological polar surface area (TPSA) is 203 Å². The number of carboxylic acids is 3. The Morgan fingerprint density at radius 1 is 0.955 bits per heavy atom. The van der Waals surface area contributed by atoms with Crippen LogP contribution in [0.2, 0.25) is 10.0 Å². The number of anilines is 4. The maximum atomic E-state index is 11.8. The molecular weight excluding hydrogens is 617 g/mol. The van der Waals surface area contributed by atoms with E-state index in [9.17, 15) is 19.5 Å². The number of carbonyl (C=O) groups is 3. The van der Waals surface area contributed by atoms with Crippen molar-refractivity contribution in [3.05, 3.63) is 76.0 Å². The lowest BCUT2D eigenvalue weighted by molar-refractivity contribution is -0.141. The van der Waals surface area contributed by atoms with Crippen LogP contribution in [0.4, 0.5) is 23.0 Å². The monoisotopic (exact) mass is 643 g/mol. The average molecular weight is 644 g/mol. The van der Waals surface area contributed by atoms with Crippen molar-refractivity contribution < 1.29 is 34.1 Å². The number of nitrogens with one attached hydrogen (secondary N) is 3. The first-order valence-corrected chi connectivity index (χ1v) is 13.8. The number of aryl methyl sites for hydroxylation is 1. The Morgan fingerprint density at radius 2 is 1.68 bits per heavy atom. The van der Waals surface area contributed by atoms with Crippen LogP contribution in [-0.4, -0.2) is 79.3 Å². The number of benzene rings is 1. The second-order valence-corrected chi connectivity index (χ2v) is 10.2. The first-order valence-electron chi connectivity index (χ1n) is 13.0. The number of hydrogen-bond acceptors (Lipinski definition) is 11. The van der Waals surface area contributed by atoms with Crippen LogP contribution in [0.1, 0.15) is 21.9 Å². The molecule has 14 nitrogen and oxygen atoms in total. The molecule has 0 bridgehead atoms. The smallest absolute Gasteiger partial charge is 0.339 e. The fraction of sp³-hybridized carbons (Fsp3) is 0.214. The number of hydrogen-bond donors (Lipinski definition) is 6. The summed E-state index contributed by atoms with van der Waals surface area (Å²) in [5.74, 6) is -1.67. The molecule has 0 aliphatic heterocycles. The molecule has 6 N–H and O–H groups in total. The molecular formula is C28H27Cl2N7O7. The Hall–Kier alpha value is -4.92. The van der Waals surface area contributed by atoms with Crippen molar-refractivity contribution in [2.45, 2.75) is 13.5 Å². The van der Waals surface area contributed by atoms with Gasteiger partial charge in [-0.3, -0.25) is 19.5 Å². The largest absolute Gasteiger partial charge is 0.480 e. The summed E-state index contributed by atoms with van der Waals surface area (Å²) in [6.07, 6.45) is 2.63. The maximum Gasteiger partial charge on any atom is 0.339 e. The zero-order chi connectivity index (χ0) is 31.8. The van der Waals surface area contributed by atoms with Gasteiger partial charge in [0.05, 0.1) is 30.3 Å². The Bertz CT molecular complexity index is 1670. The predicted octanol–water partition coefficient (Wildman–Crippen LogP) is 4.68. The third-order valence-corrected chi connectivity index (χ3v) is 6.62. The molecule has 0 fully saturated rings. The summed E-state index contributed by atoms with van der Waals surface area (Å²) < 4.78 is 6.00. The number of nitrogens with zero attached hydrogens (tertiary/aromatic N) is 4. The summed E-state index contributed by atoms with van der Waals surface area (Å²) in [4.78, 5) is 48.3. The molecule has 0 unspecified atom stereocenters. The van der Waals surface area contributed by atoms with Crippen molar-refractivity contribution in [2.24, 2.45) is 0 Å². The van der Waals surface area contributed by atoms with Crippen molar-refractivity contribution in [3.63, 3.8) is 0 Å². The molecule has 0 saturated carbocycles. The molecule has 4 rings (SSSR count). The van der Waals surface area contributed by atoms with Gasteiger partial charge >= 0.3 is 17.9 Å². The van der Waals surface area contributed by atoms with Gasteiger partial charge in [0.2, 0.25) is 0 Å². The van der Waals surface area contributed by atoms with Crippen molar-refractivity contribution >= 4 is 64.1 Å². The molecule has 1 aromatic carbocycles. The molecule has 3 heterocycles. The highest BCUT2D eigenvalue weighted by Gasteiger charge is 2.19. The van der Waals surface area contributed by atoms with Crippen LogP contribution in [-0.2, 0) is 16.1 Å². The first kappa shape index (κ1) is 32.0. The van der Waals surface area contributed by atoms with E-state index < -0.39 is 31.0 Å². The summed E-state index contributed by atoms with van der Waals surface area (Å²) in [6, 6.07) is 9.99. The van der Waals surface area contributed by atoms with E-state index in [1.165, 1.54) is 23.4 Å². The van der Waals surface area contributed by atoms with Gasteiger partial charge in [-0.05, 0) is 43.3 Å². The minimum absolute atomic E-state index is 0.0688. The van der Waals surface area contributed by atoms with Crippen LogP contribution in [0.5, 0.6) is 0 Å². The maximum absolute atomic E-state index is 11.8. The Balaban J connectivity index is 1.63. The average Bonchev–Trinajstić information content (AvgIpc) is 3.42. The van der Waals surface area contributed by atoms with Gasteiger partial charge in [-0.25, -0.2) is 14.8 Å². The van der Waals surface area contributed by atoms with Crippen LogP contribution < -0.4 is 16.0 Å². The highest BCUT2D eigenvalue weighted by molar-refractivity contribution is 6.35. The van der Waals surface area contributed by atoms with E-state index in [0.717, 1.165) is 0 Å². The summed E-state index contributed by atoms with van der Waals surface area (Å²) >= 11 is 12.5. The highest BCUT2D eigenvalue weighted by Crippen LogP contribution is 2.34. The molecule has 4 aromatic rings. The Kier molecular flexibility index (Phi) is 10.6. The summed E-state index contributed by atoms with van der Waals surface area (Å²) in [5.41, 5.74) is 1.09. The van der Waals surface area contributed by atoms with Crippen molar-refractivity contribution in [1.82, 2.24) is 19.9 Å². The minimum Gasteiger partial charge on any atom is -0.480 e. The van der Waals surface area contributed by atoms with Crippen LogP contribution in [0.25, 0.3) is 11.3 Å². The van der Waals surface area contributed by atoms with E-state index in [-0.39, 0.29) is 36.7 Å². The van der Waals surface area contributed by atoms with Gasteiger partial charge in [-0.15, -0.1) is 0 Å². The number of halogens is 2. The van der Waals surface area contributed by atoms with Gasteiger partial charge in [-0.2, -0.15) is 0 Å². The van der Waals surface area contributed by atoms with E-state index >= 15 is 0 Å². The number of aliphatic carboxylic acids is 2. The van der Waals surface area contributed by atoms with Gasteiger partial charge in [0.15, 0.2) is 11.6 Å². The third kappa shape index (κ3) is 8.56. The number of carboxylic acid groups (broad SMARTS) is 3. The molecule has 0 atom stereocenters. The zero-order valence-electron chi connectivity index (χ0n) is 23.2. The number of pyridine rings is 1. The predicted molar refractivity (Wildman–Crippen MR) is 163 cm³/mol. The highest BCUT2D eigenvalue weighted by atomic mass is 35.5. The van der Waals surface area contributed by atoms with E-state index in [1.807, 2.05) is 0 Å². The lowest BCUT2D eigenvalue weighted by atomic mass is 10.2. The molecule has 0 amide bonds. The second kappa shape index (κ2) is 14.5. The van der Waals surface area contributed by atoms with Crippen LogP contribution >= 0.6 is 23.2 Å². The van der Waals surface area contributed by atoms with Gasteiger partial charge < -0.3 is 35.7 Å². The van der Waals surface area contributed by atoms with Crippen molar-refractivity contribution in [3.8, 4) is 11.3 Å². The van der Waals surface area contributed by atoms with Crippen molar-refractivity contribution in [1.29, 1.82) is 0 Å².